The number of ether oxygens (including phenoxy) is 2. The van der Waals surface area contributed by atoms with Crippen molar-refractivity contribution >= 4 is 23.2 Å². The number of aromatic nitrogens is 2. The van der Waals surface area contributed by atoms with E-state index in [0.29, 0.717) is 48.5 Å². The van der Waals surface area contributed by atoms with E-state index in [1.165, 1.54) is 24.2 Å². The molecule has 1 N–H and O–H groups in total. The maximum Gasteiger partial charge on any atom is 0.367 e. The number of esters is 1. The van der Waals surface area contributed by atoms with Crippen molar-refractivity contribution in [1.82, 2.24) is 14.9 Å². The van der Waals surface area contributed by atoms with Crippen LogP contribution in [0.2, 0.25) is 0 Å². The highest BCUT2D eigenvalue weighted by atomic mass is 32.1. The summed E-state index contributed by atoms with van der Waals surface area (Å²) in [7, 11) is 1.68. The fourth-order valence-electron chi connectivity index (χ4n) is 3.70. The van der Waals surface area contributed by atoms with Gasteiger partial charge in [0.1, 0.15) is 0 Å². The highest BCUT2D eigenvalue weighted by Gasteiger charge is 2.22. The van der Waals surface area contributed by atoms with Crippen molar-refractivity contribution < 1.29 is 19.1 Å². The molecule has 0 fully saturated rings. The van der Waals surface area contributed by atoms with Gasteiger partial charge in [0.25, 0.3) is 5.91 Å². The number of nitrogens with one attached hydrogen (secondary N) is 1. The van der Waals surface area contributed by atoms with Crippen molar-refractivity contribution in [2.45, 2.75) is 66.3 Å². The number of nitrogens with zero attached hydrogens (tertiary/aromatic N) is 2. The molecular formula is C24H37N3O4S. The standard InChI is InChI=1S/C24H37N3O4S/c1-6-9-11-18(7-2)15-25-22(28)19-14-21(27(17(19)4)12-10-13-30-5)20-16-32-23(26-20)24(29)31-8-3/h14,16,18H,6-13,15H2,1-5H3,(H,25,28). The predicted molar refractivity (Wildman–Crippen MR) is 128 cm³/mol. The molecule has 0 spiro atoms. The van der Waals surface area contributed by atoms with E-state index in [9.17, 15) is 9.59 Å². The number of methoxy groups -OCH3 is 1. The predicted octanol–water partition coefficient (Wildman–Crippen LogP) is 5.08. The normalized spacial score (nSPS) is 12.0. The zero-order chi connectivity index (χ0) is 23.5. The highest BCUT2D eigenvalue weighted by Crippen LogP contribution is 2.28. The van der Waals surface area contributed by atoms with Gasteiger partial charge < -0.3 is 19.4 Å². The van der Waals surface area contributed by atoms with Crippen molar-refractivity contribution in [3.8, 4) is 11.4 Å². The number of carbonyl (C=O) groups is 2. The van der Waals surface area contributed by atoms with Crippen molar-refractivity contribution in [3.05, 3.63) is 27.7 Å². The monoisotopic (exact) mass is 463 g/mol. The van der Waals surface area contributed by atoms with Gasteiger partial charge in [-0.15, -0.1) is 11.3 Å². The van der Waals surface area contributed by atoms with E-state index in [-0.39, 0.29) is 5.91 Å². The third kappa shape index (κ3) is 6.90. The Bertz CT molecular complexity index is 875. The fourth-order valence-corrected chi connectivity index (χ4v) is 4.40. The average molecular weight is 464 g/mol. The quantitative estimate of drug-likeness (QED) is 0.312. The summed E-state index contributed by atoms with van der Waals surface area (Å²) in [6.07, 6.45) is 5.34. The van der Waals surface area contributed by atoms with Gasteiger partial charge in [-0.1, -0.05) is 33.1 Å². The van der Waals surface area contributed by atoms with Crippen LogP contribution >= 0.6 is 11.3 Å². The minimum absolute atomic E-state index is 0.0648. The number of carbonyl (C=O) groups excluding carboxylic acids is 2. The second-order valence-corrected chi connectivity index (χ2v) is 8.77. The first-order valence-electron chi connectivity index (χ1n) is 11.6. The molecule has 0 bridgehead atoms. The molecule has 7 nitrogen and oxygen atoms in total. The maximum atomic E-state index is 13.0. The largest absolute Gasteiger partial charge is 0.461 e. The Morgan fingerprint density at radius 3 is 2.69 bits per heavy atom. The molecule has 0 aliphatic carbocycles. The van der Waals surface area contributed by atoms with Crippen LogP contribution in [0.4, 0.5) is 0 Å². The Morgan fingerprint density at radius 1 is 1.25 bits per heavy atom. The Morgan fingerprint density at radius 2 is 2.03 bits per heavy atom. The lowest BCUT2D eigenvalue weighted by Crippen LogP contribution is -2.29. The number of hydrogen-bond donors (Lipinski definition) is 1. The maximum absolute atomic E-state index is 13.0. The topological polar surface area (TPSA) is 82.5 Å². The van der Waals surface area contributed by atoms with Crippen molar-refractivity contribution in [1.29, 1.82) is 0 Å². The van der Waals surface area contributed by atoms with Crippen LogP contribution < -0.4 is 5.32 Å². The molecule has 8 heteroatoms. The van der Waals surface area contributed by atoms with Gasteiger partial charge in [-0.25, -0.2) is 9.78 Å². The van der Waals surface area contributed by atoms with E-state index in [1.807, 2.05) is 18.4 Å². The van der Waals surface area contributed by atoms with Crippen LogP contribution in [0.15, 0.2) is 11.4 Å². The van der Waals surface area contributed by atoms with Crippen LogP contribution in [0.1, 0.15) is 78.7 Å². The number of unbranched alkanes of at least 4 members (excludes halogenated alkanes) is 1. The first-order valence-corrected chi connectivity index (χ1v) is 12.4. The van der Waals surface area contributed by atoms with Gasteiger partial charge in [-0.05, 0) is 38.7 Å². The molecule has 1 atom stereocenters. The number of hydrogen-bond acceptors (Lipinski definition) is 6. The molecule has 0 saturated heterocycles. The second-order valence-electron chi connectivity index (χ2n) is 7.91. The molecule has 0 saturated carbocycles. The molecule has 0 aliphatic heterocycles. The molecule has 0 aliphatic rings. The Labute approximate surface area is 195 Å². The minimum atomic E-state index is -0.423. The Hall–Kier alpha value is -2.19. The minimum Gasteiger partial charge on any atom is -0.461 e. The fraction of sp³-hybridized carbons (Fsp3) is 0.625. The molecule has 2 rings (SSSR count). The van der Waals surface area contributed by atoms with Crippen molar-refractivity contribution in [2.75, 3.05) is 26.9 Å². The molecule has 0 aromatic carbocycles. The summed E-state index contributed by atoms with van der Waals surface area (Å²) in [6, 6.07) is 1.88. The first kappa shape index (κ1) is 26.1. The highest BCUT2D eigenvalue weighted by molar-refractivity contribution is 7.11. The SMILES string of the molecule is CCCCC(CC)CNC(=O)c1cc(-c2csc(C(=O)OCC)n2)n(CCCOC)c1C. The third-order valence-electron chi connectivity index (χ3n) is 5.65. The summed E-state index contributed by atoms with van der Waals surface area (Å²) in [4.78, 5) is 29.6. The van der Waals surface area contributed by atoms with E-state index in [1.54, 1.807) is 14.0 Å². The lowest BCUT2D eigenvalue weighted by molar-refractivity contribution is 0.0526. The molecule has 1 amide bonds. The summed E-state index contributed by atoms with van der Waals surface area (Å²) < 4.78 is 12.4. The van der Waals surface area contributed by atoms with Crippen molar-refractivity contribution in [3.63, 3.8) is 0 Å². The van der Waals surface area contributed by atoms with Gasteiger partial charge in [0.15, 0.2) is 0 Å². The van der Waals surface area contributed by atoms with Crippen LogP contribution in [0.5, 0.6) is 0 Å². The first-order chi connectivity index (χ1) is 15.5. The van der Waals surface area contributed by atoms with Crippen LogP contribution in [0, 0.1) is 12.8 Å². The van der Waals surface area contributed by atoms with Crippen molar-refractivity contribution in [2.24, 2.45) is 5.92 Å². The summed E-state index contributed by atoms with van der Waals surface area (Å²) in [5.74, 6) is 0.00629. The Balaban J connectivity index is 2.27. The van der Waals surface area contributed by atoms with Gasteiger partial charge in [-0.3, -0.25) is 4.79 Å². The number of thiazole rings is 1. The smallest absolute Gasteiger partial charge is 0.367 e. The van der Waals surface area contributed by atoms with Gasteiger partial charge in [0, 0.05) is 37.9 Å². The van der Waals surface area contributed by atoms with Gasteiger partial charge in [-0.2, -0.15) is 0 Å². The van der Waals surface area contributed by atoms with E-state index in [0.717, 1.165) is 30.7 Å². The molecule has 1 unspecified atom stereocenters. The second kappa shape index (κ2) is 13.4. The molecule has 2 heterocycles. The Kier molecular flexibility index (Phi) is 10.9. The summed E-state index contributed by atoms with van der Waals surface area (Å²) >= 11 is 1.25. The summed E-state index contributed by atoms with van der Waals surface area (Å²) in [6.45, 7) is 10.4. The molecule has 32 heavy (non-hydrogen) atoms. The third-order valence-corrected chi connectivity index (χ3v) is 6.47. The molecule has 2 aromatic heterocycles. The van der Waals surface area contributed by atoms with Crippen LogP contribution in [-0.4, -0.2) is 48.3 Å². The lowest BCUT2D eigenvalue weighted by atomic mass is 9.99. The zero-order valence-electron chi connectivity index (χ0n) is 20.0. The van der Waals surface area contributed by atoms with E-state index in [4.69, 9.17) is 9.47 Å². The van der Waals surface area contributed by atoms with Crippen LogP contribution in [0.3, 0.4) is 0 Å². The molecule has 178 valence electrons. The average Bonchev–Trinajstić information content (AvgIpc) is 3.39. The van der Waals surface area contributed by atoms with E-state index >= 15 is 0 Å². The molecular weight excluding hydrogens is 426 g/mol. The van der Waals surface area contributed by atoms with Gasteiger partial charge in [0.2, 0.25) is 5.01 Å². The summed E-state index contributed by atoms with van der Waals surface area (Å²) in [5, 5.41) is 5.29. The lowest BCUT2D eigenvalue weighted by Gasteiger charge is -2.15. The van der Waals surface area contributed by atoms with Gasteiger partial charge in [0.05, 0.1) is 23.6 Å². The number of amides is 1. The van der Waals surface area contributed by atoms with E-state index in [2.05, 4.69) is 28.7 Å². The summed E-state index contributed by atoms with van der Waals surface area (Å²) in [5.41, 5.74) is 3.04. The van der Waals surface area contributed by atoms with Crippen LogP contribution in [-0.2, 0) is 16.0 Å². The zero-order valence-corrected chi connectivity index (χ0v) is 20.8. The molecule has 0 radical (unpaired) electrons. The van der Waals surface area contributed by atoms with E-state index < -0.39 is 5.97 Å². The van der Waals surface area contributed by atoms with Crippen LogP contribution in [0.25, 0.3) is 11.4 Å². The molecule has 2 aromatic rings. The number of rotatable bonds is 14. The van der Waals surface area contributed by atoms with Gasteiger partial charge >= 0.3 is 5.97 Å².